The van der Waals surface area contributed by atoms with Crippen molar-refractivity contribution in [1.29, 1.82) is 0 Å². The molecule has 0 bridgehead atoms. The van der Waals surface area contributed by atoms with Gasteiger partial charge in [-0.25, -0.2) is 4.39 Å². The summed E-state index contributed by atoms with van der Waals surface area (Å²) in [6, 6.07) is 7.30. The summed E-state index contributed by atoms with van der Waals surface area (Å²) in [5.74, 6) is 0.767. The Morgan fingerprint density at radius 3 is 2.74 bits per heavy atom. The maximum absolute atomic E-state index is 14.0. The Morgan fingerprint density at radius 1 is 1.32 bits per heavy atom. The van der Waals surface area contributed by atoms with Crippen LogP contribution in [0.15, 0.2) is 33.2 Å². The molecule has 0 amide bonds. The molecular formula is C14H14BrClFNO. The van der Waals surface area contributed by atoms with Crippen LogP contribution in [0.25, 0.3) is 11.3 Å². The average Bonchev–Trinajstić information content (AvgIpc) is 2.82. The van der Waals surface area contributed by atoms with Crippen LogP contribution in [0.3, 0.4) is 0 Å². The fraction of sp³-hybridized carbons (Fsp3) is 0.286. The van der Waals surface area contributed by atoms with Crippen LogP contribution in [0.5, 0.6) is 0 Å². The van der Waals surface area contributed by atoms with Crippen molar-refractivity contribution in [1.82, 2.24) is 5.32 Å². The largest absolute Gasteiger partial charge is 0.460 e. The minimum Gasteiger partial charge on any atom is -0.460 e. The summed E-state index contributed by atoms with van der Waals surface area (Å²) in [6.07, 6.45) is 0. The molecule has 19 heavy (non-hydrogen) atoms. The monoisotopic (exact) mass is 345 g/mol. The van der Waals surface area contributed by atoms with Crippen LogP contribution in [0.2, 0.25) is 5.02 Å². The molecule has 0 radical (unpaired) electrons. The SMILES string of the molecule is CC(C)NCc1ccc(-c2ccc(Br)c(Cl)c2F)o1. The van der Waals surface area contributed by atoms with Gasteiger partial charge in [0.25, 0.3) is 0 Å². The molecule has 2 aromatic rings. The Hall–Kier alpha value is -0.840. The first kappa shape index (κ1) is 14.6. The molecule has 0 spiro atoms. The van der Waals surface area contributed by atoms with Gasteiger partial charge in [0.15, 0.2) is 5.82 Å². The first-order valence-electron chi connectivity index (χ1n) is 5.95. The zero-order valence-electron chi connectivity index (χ0n) is 10.6. The molecule has 0 atom stereocenters. The van der Waals surface area contributed by atoms with Gasteiger partial charge in [-0.3, -0.25) is 0 Å². The fourth-order valence-electron chi connectivity index (χ4n) is 1.64. The van der Waals surface area contributed by atoms with Crippen molar-refractivity contribution in [3.8, 4) is 11.3 Å². The second-order valence-corrected chi connectivity index (χ2v) is 5.76. The van der Waals surface area contributed by atoms with E-state index in [4.69, 9.17) is 16.0 Å². The van der Waals surface area contributed by atoms with Crippen LogP contribution >= 0.6 is 27.5 Å². The second kappa shape index (κ2) is 6.07. The first-order valence-corrected chi connectivity index (χ1v) is 7.12. The highest BCUT2D eigenvalue weighted by Gasteiger charge is 2.14. The predicted octanol–water partition coefficient (Wildman–Crippen LogP) is 5.00. The smallest absolute Gasteiger partial charge is 0.153 e. The number of nitrogens with one attached hydrogen (secondary N) is 1. The van der Waals surface area contributed by atoms with Crippen molar-refractivity contribution in [2.45, 2.75) is 26.4 Å². The molecule has 0 unspecified atom stereocenters. The summed E-state index contributed by atoms with van der Waals surface area (Å²) in [5, 5.41) is 3.31. The third-order valence-electron chi connectivity index (χ3n) is 2.65. The molecule has 0 saturated carbocycles. The van der Waals surface area contributed by atoms with E-state index in [-0.39, 0.29) is 5.02 Å². The lowest BCUT2D eigenvalue weighted by molar-refractivity contribution is 0.471. The van der Waals surface area contributed by atoms with E-state index in [2.05, 4.69) is 35.1 Å². The lowest BCUT2D eigenvalue weighted by Crippen LogP contribution is -2.21. The van der Waals surface area contributed by atoms with Crippen molar-refractivity contribution in [3.63, 3.8) is 0 Å². The number of rotatable bonds is 4. The van der Waals surface area contributed by atoms with E-state index >= 15 is 0 Å². The zero-order valence-corrected chi connectivity index (χ0v) is 13.0. The molecule has 1 aromatic carbocycles. The number of hydrogen-bond acceptors (Lipinski definition) is 2. The lowest BCUT2D eigenvalue weighted by atomic mass is 10.1. The molecule has 1 N–H and O–H groups in total. The minimum atomic E-state index is -0.478. The van der Waals surface area contributed by atoms with E-state index in [0.717, 1.165) is 5.76 Å². The molecule has 1 heterocycles. The minimum absolute atomic E-state index is 0.0655. The normalized spacial score (nSPS) is 11.3. The summed E-state index contributed by atoms with van der Waals surface area (Å²) in [7, 11) is 0. The quantitative estimate of drug-likeness (QED) is 0.788. The Kier molecular flexibility index (Phi) is 4.66. The molecule has 0 aliphatic carbocycles. The van der Waals surface area contributed by atoms with Gasteiger partial charge in [0.1, 0.15) is 11.5 Å². The highest BCUT2D eigenvalue weighted by atomic mass is 79.9. The topological polar surface area (TPSA) is 25.2 Å². The van der Waals surface area contributed by atoms with Crippen LogP contribution in [-0.2, 0) is 6.54 Å². The number of furan rings is 1. The van der Waals surface area contributed by atoms with Gasteiger partial charge in [-0.15, -0.1) is 0 Å². The third-order valence-corrected chi connectivity index (χ3v) is 3.91. The van der Waals surface area contributed by atoms with Gasteiger partial charge in [-0.2, -0.15) is 0 Å². The van der Waals surface area contributed by atoms with Crippen LogP contribution in [0.4, 0.5) is 4.39 Å². The molecule has 0 aliphatic rings. The Bertz CT molecular complexity index is 583. The molecule has 2 nitrogen and oxygen atoms in total. The van der Waals surface area contributed by atoms with Gasteiger partial charge < -0.3 is 9.73 Å². The van der Waals surface area contributed by atoms with Crippen molar-refractivity contribution in [2.75, 3.05) is 0 Å². The lowest BCUT2D eigenvalue weighted by Gasteiger charge is -2.06. The Labute approximate surface area is 125 Å². The van der Waals surface area contributed by atoms with Crippen LogP contribution in [0, 0.1) is 5.82 Å². The summed E-state index contributed by atoms with van der Waals surface area (Å²) >= 11 is 9.05. The summed E-state index contributed by atoms with van der Waals surface area (Å²) in [5.41, 5.74) is 0.365. The van der Waals surface area contributed by atoms with Gasteiger partial charge in [0.05, 0.1) is 17.1 Å². The average molecular weight is 347 g/mol. The molecule has 102 valence electrons. The van der Waals surface area contributed by atoms with E-state index < -0.39 is 5.82 Å². The van der Waals surface area contributed by atoms with Crippen LogP contribution in [0.1, 0.15) is 19.6 Å². The second-order valence-electron chi connectivity index (χ2n) is 4.52. The molecule has 0 fully saturated rings. The highest BCUT2D eigenvalue weighted by molar-refractivity contribution is 9.10. The maximum atomic E-state index is 14.0. The molecule has 0 aliphatic heterocycles. The van der Waals surface area contributed by atoms with E-state index in [1.807, 2.05) is 6.07 Å². The highest BCUT2D eigenvalue weighted by Crippen LogP contribution is 2.33. The van der Waals surface area contributed by atoms with E-state index in [1.165, 1.54) is 0 Å². The van der Waals surface area contributed by atoms with E-state index in [1.54, 1.807) is 18.2 Å². The fourth-order valence-corrected chi connectivity index (χ4v) is 2.11. The molecule has 5 heteroatoms. The summed E-state index contributed by atoms with van der Waals surface area (Å²) in [4.78, 5) is 0. The van der Waals surface area contributed by atoms with Gasteiger partial charge >= 0.3 is 0 Å². The molecule has 0 saturated heterocycles. The first-order chi connectivity index (χ1) is 8.99. The number of hydrogen-bond donors (Lipinski definition) is 1. The molecular weight excluding hydrogens is 333 g/mol. The van der Waals surface area contributed by atoms with Crippen LogP contribution < -0.4 is 5.32 Å². The van der Waals surface area contributed by atoms with Gasteiger partial charge in [0.2, 0.25) is 0 Å². The van der Waals surface area contributed by atoms with Gasteiger partial charge in [0, 0.05) is 10.5 Å². The van der Waals surface area contributed by atoms with Crippen LogP contribution in [-0.4, -0.2) is 6.04 Å². The maximum Gasteiger partial charge on any atom is 0.153 e. The Balaban J connectivity index is 2.26. The number of halogens is 3. The van der Waals surface area contributed by atoms with Crippen molar-refractivity contribution in [2.24, 2.45) is 0 Å². The third kappa shape index (κ3) is 3.38. The van der Waals surface area contributed by atoms with E-state index in [9.17, 15) is 4.39 Å². The van der Waals surface area contributed by atoms with Crippen molar-refractivity contribution >= 4 is 27.5 Å². The van der Waals surface area contributed by atoms with E-state index in [0.29, 0.717) is 28.4 Å². The van der Waals surface area contributed by atoms with Crippen molar-refractivity contribution < 1.29 is 8.81 Å². The predicted molar refractivity (Wildman–Crippen MR) is 78.8 cm³/mol. The van der Waals surface area contributed by atoms with Crippen molar-refractivity contribution in [3.05, 3.63) is 45.3 Å². The summed E-state index contributed by atoms with van der Waals surface area (Å²) in [6.45, 7) is 4.72. The Morgan fingerprint density at radius 2 is 2.05 bits per heavy atom. The molecule has 2 rings (SSSR count). The van der Waals surface area contributed by atoms with Gasteiger partial charge in [-0.05, 0) is 40.2 Å². The number of benzene rings is 1. The zero-order chi connectivity index (χ0) is 14.0. The molecule has 1 aromatic heterocycles. The standard InChI is InChI=1S/C14H14BrClFNO/c1-8(2)18-7-9-3-6-12(19-9)10-4-5-11(15)13(16)14(10)17/h3-6,8,18H,7H2,1-2H3. The van der Waals surface area contributed by atoms with Gasteiger partial charge in [-0.1, -0.05) is 25.4 Å². The summed E-state index contributed by atoms with van der Waals surface area (Å²) < 4.78 is 20.2.